The summed E-state index contributed by atoms with van der Waals surface area (Å²) in [6.07, 6.45) is -28.0. The highest BCUT2D eigenvalue weighted by molar-refractivity contribution is 5.54. The lowest BCUT2D eigenvalue weighted by atomic mass is 9.68. The summed E-state index contributed by atoms with van der Waals surface area (Å²) in [6.45, 7) is 5.10. The van der Waals surface area contributed by atoms with Gasteiger partial charge in [-0.1, -0.05) is 31.4 Å². The zero-order valence-electron chi connectivity index (χ0n) is 38.0. The molecule has 0 radical (unpaired) electrons. The first kappa shape index (κ1) is 52.6. The van der Waals surface area contributed by atoms with E-state index in [-0.39, 0.29) is 11.8 Å². The summed E-state index contributed by atoms with van der Waals surface area (Å²) < 4.78 is 54.1. The van der Waals surface area contributed by atoms with Gasteiger partial charge in [-0.05, 0) is 64.2 Å². The van der Waals surface area contributed by atoms with E-state index in [1.165, 1.54) is 5.57 Å². The molecule has 67 heavy (non-hydrogen) atoms. The van der Waals surface area contributed by atoms with Crippen molar-refractivity contribution in [2.45, 2.75) is 201 Å². The Labute approximate surface area is 387 Å². The van der Waals surface area contributed by atoms with Crippen LogP contribution in [0.3, 0.4) is 0 Å². The molecule has 5 heterocycles. The van der Waals surface area contributed by atoms with Gasteiger partial charge in [0.15, 0.2) is 18.9 Å². The molecule has 7 rings (SSSR count). The van der Waals surface area contributed by atoms with Gasteiger partial charge in [-0.3, -0.25) is 0 Å². The van der Waals surface area contributed by atoms with Crippen LogP contribution in [0.4, 0.5) is 0 Å². The van der Waals surface area contributed by atoms with Crippen LogP contribution in [0.2, 0.25) is 0 Å². The zero-order valence-corrected chi connectivity index (χ0v) is 38.0. The van der Waals surface area contributed by atoms with Gasteiger partial charge in [0.2, 0.25) is 6.29 Å². The second-order valence-corrected chi connectivity index (χ2v) is 19.1. The second kappa shape index (κ2) is 22.0. The highest BCUT2D eigenvalue weighted by Crippen LogP contribution is 2.54. The summed E-state index contributed by atoms with van der Waals surface area (Å²) in [4.78, 5) is 0. The SMILES string of the molecule is CCCCCc1cc(O[C@@H]2O[C@H](CO[C@@H]3O[C@H](CO)[C@@H](O)[C@H](O)[C@H]3O)[C@@H](O[C@@H]3O[C@H](CO)[C@@H](O)[C@H](O[C@@H]4O[C@H](CO)[C@@H](O)[C@H](O)[C@H]4O)[C@H]3O)[C@H](O)[C@H]2O)c2c(c1)OC(C)(C)[C@@H]1CCC(C)=C[C@@H]21. The van der Waals surface area contributed by atoms with Gasteiger partial charge in [-0.2, -0.15) is 0 Å². The molecule has 6 aliphatic rings. The minimum atomic E-state index is -2.05. The molecule has 22 nitrogen and oxygen atoms in total. The highest BCUT2D eigenvalue weighted by atomic mass is 16.8. The maximum absolute atomic E-state index is 12.0. The molecular weight excluding hydrogens is 892 g/mol. The Balaban J connectivity index is 1.20. The molecule has 5 aliphatic heterocycles. The average Bonchev–Trinajstić information content (AvgIpc) is 3.29. The van der Waals surface area contributed by atoms with E-state index in [4.69, 9.17) is 42.6 Å². The molecule has 22 atom stereocenters. The third kappa shape index (κ3) is 10.8. The second-order valence-electron chi connectivity index (χ2n) is 19.1. The van der Waals surface area contributed by atoms with E-state index in [2.05, 4.69) is 33.8 Å². The largest absolute Gasteiger partial charge is 0.487 e. The number of hydrogen-bond donors (Lipinski definition) is 13. The van der Waals surface area contributed by atoms with E-state index in [0.717, 1.165) is 43.2 Å². The fourth-order valence-electron chi connectivity index (χ4n) is 10.0. The van der Waals surface area contributed by atoms with Crippen molar-refractivity contribution in [1.82, 2.24) is 0 Å². The molecule has 13 N–H and O–H groups in total. The Kier molecular flexibility index (Phi) is 17.3. The summed E-state index contributed by atoms with van der Waals surface area (Å²) >= 11 is 0. The van der Waals surface area contributed by atoms with Crippen LogP contribution >= 0.6 is 0 Å². The number of aliphatic hydroxyl groups excluding tert-OH is 13. The lowest BCUT2D eigenvalue weighted by Crippen LogP contribution is -2.67. The molecule has 0 bridgehead atoms. The Morgan fingerprint density at radius 1 is 0.612 bits per heavy atom. The summed E-state index contributed by atoms with van der Waals surface area (Å²) in [6, 6.07) is 3.86. The van der Waals surface area contributed by atoms with Crippen LogP contribution in [0.5, 0.6) is 11.5 Å². The summed E-state index contributed by atoms with van der Waals surface area (Å²) in [7, 11) is 0. The van der Waals surface area contributed by atoms with Crippen molar-refractivity contribution >= 4 is 0 Å². The van der Waals surface area contributed by atoms with Crippen LogP contribution in [0.15, 0.2) is 23.8 Å². The number of rotatable bonds is 16. The summed E-state index contributed by atoms with van der Waals surface area (Å²) in [5.41, 5.74) is 2.25. The van der Waals surface area contributed by atoms with Crippen LogP contribution in [-0.2, 0) is 39.6 Å². The average molecular weight is 963 g/mol. The third-order valence-electron chi connectivity index (χ3n) is 14.0. The fourth-order valence-corrected chi connectivity index (χ4v) is 10.0. The highest BCUT2D eigenvalue weighted by Gasteiger charge is 2.55. The number of aliphatic hydroxyl groups is 13. The van der Waals surface area contributed by atoms with E-state index >= 15 is 0 Å². The normalized spacial score (nSPS) is 44.2. The molecule has 0 saturated carbocycles. The van der Waals surface area contributed by atoms with Crippen molar-refractivity contribution in [3.8, 4) is 11.5 Å². The van der Waals surface area contributed by atoms with E-state index in [9.17, 15) is 66.4 Å². The van der Waals surface area contributed by atoms with E-state index in [1.54, 1.807) is 0 Å². The summed E-state index contributed by atoms with van der Waals surface area (Å²) in [5.74, 6) is 0.815. The van der Waals surface area contributed by atoms with Gasteiger partial charge in [-0.25, -0.2) is 0 Å². The Bertz CT molecular complexity index is 1800. The molecule has 1 aliphatic carbocycles. The molecule has 1 aromatic carbocycles. The standard InChI is InChI=1S/C45H70O22/c1-5-6-7-8-19-12-22(28-20-11-18(2)9-10-21(20)45(3,4)67-23(28)13-19)60-42-37(57)34(54)39(27(64-42)17-59-41-35(55)32(52)29(49)24(14-46)61-41)65-44-38(58)40(31(51)26(16-48)63-44)66-43-36(56)33(53)30(50)25(15-47)62-43/h11-13,20-21,24-27,29-44,46-58H,5-10,14-17H2,1-4H3/t20-,21-,24-,25-,26-,27-,29-,30-,31-,32+,33+,34-,35-,36-,37-,38-,39-,40+,41-,42-,43+,44+/m1/s1. The molecule has 22 heteroatoms. The first-order chi connectivity index (χ1) is 31.8. The molecule has 0 aromatic heterocycles. The van der Waals surface area contributed by atoms with Crippen LogP contribution in [-0.4, -0.2) is 221 Å². The summed E-state index contributed by atoms with van der Waals surface area (Å²) in [5, 5.41) is 139. The van der Waals surface area contributed by atoms with Gasteiger partial charge >= 0.3 is 0 Å². The Morgan fingerprint density at radius 3 is 1.79 bits per heavy atom. The molecule has 4 saturated heterocycles. The monoisotopic (exact) mass is 962 g/mol. The minimum absolute atomic E-state index is 0.0499. The van der Waals surface area contributed by atoms with Crippen molar-refractivity contribution < 1.29 is 109 Å². The maximum Gasteiger partial charge on any atom is 0.229 e. The van der Waals surface area contributed by atoms with Crippen molar-refractivity contribution in [3.63, 3.8) is 0 Å². The molecule has 4 fully saturated rings. The van der Waals surface area contributed by atoms with Crippen LogP contribution < -0.4 is 9.47 Å². The van der Waals surface area contributed by atoms with Gasteiger partial charge in [0, 0.05) is 17.4 Å². The Morgan fingerprint density at radius 2 is 1.16 bits per heavy atom. The number of aryl methyl sites for hydroxylation is 1. The van der Waals surface area contributed by atoms with Gasteiger partial charge in [0.25, 0.3) is 0 Å². The lowest BCUT2D eigenvalue weighted by molar-refractivity contribution is -0.380. The predicted octanol–water partition coefficient (Wildman–Crippen LogP) is -3.32. The van der Waals surface area contributed by atoms with Gasteiger partial charge in [0.05, 0.1) is 26.4 Å². The van der Waals surface area contributed by atoms with E-state index in [1.807, 2.05) is 12.1 Å². The van der Waals surface area contributed by atoms with Crippen molar-refractivity contribution in [1.29, 1.82) is 0 Å². The first-order valence-electron chi connectivity index (χ1n) is 23.2. The third-order valence-corrected chi connectivity index (χ3v) is 14.0. The van der Waals surface area contributed by atoms with Gasteiger partial charge < -0.3 is 109 Å². The quantitative estimate of drug-likeness (QED) is 0.0570. The molecule has 0 spiro atoms. The number of allylic oxidation sites excluding steroid dienone is 2. The smallest absolute Gasteiger partial charge is 0.229 e. The molecular formula is C45H70O22. The molecule has 1 aromatic rings. The Hall–Kier alpha value is -2.24. The fraction of sp³-hybridized carbons (Fsp3) is 0.822. The maximum atomic E-state index is 12.0. The molecule has 382 valence electrons. The molecule has 0 amide bonds. The van der Waals surface area contributed by atoms with Crippen molar-refractivity contribution in [3.05, 3.63) is 34.9 Å². The first-order valence-corrected chi connectivity index (χ1v) is 23.2. The lowest BCUT2D eigenvalue weighted by Gasteiger charge is -2.49. The molecule has 0 unspecified atom stereocenters. The topological polar surface area (TPSA) is 346 Å². The number of fused-ring (bicyclic) bond motifs is 3. The number of benzene rings is 1. The van der Waals surface area contributed by atoms with Crippen LogP contribution in [0.25, 0.3) is 0 Å². The number of hydrogen-bond acceptors (Lipinski definition) is 22. The van der Waals surface area contributed by atoms with Gasteiger partial charge in [-0.15, -0.1) is 0 Å². The van der Waals surface area contributed by atoms with Gasteiger partial charge in [0.1, 0.15) is 115 Å². The van der Waals surface area contributed by atoms with E-state index < -0.39 is 155 Å². The van der Waals surface area contributed by atoms with E-state index in [0.29, 0.717) is 17.9 Å². The predicted molar refractivity (Wildman–Crippen MR) is 226 cm³/mol. The minimum Gasteiger partial charge on any atom is -0.487 e. The number of unbranched alkanes of at least 4 members (excludes halogenated alkanes) is 2. The van der Waals surface area contributed by atoms with Crippen molar-refractivity contribution in [2.75, 3.05) is 26.4 Å². The van der Waals surface area contributed by atoms with Crippen molar-refractivity contribution in [2.24, 2.45) is 5.92 Å². The number of ether oxygens (including phenoxy) is 9. The van der Waals surface area contributed by atoms with Crippen LogP contribution in [0, 0.1) is 5.92 Å². The zero-order chi connectivity index (χ0) is 48.6. The van der Waals surface area contributed by atoms with Crippen LogP contribution in [0.1, 0.15) is 76.8 Å².